The minimum atomic E-state index is 1.02. The molecule has 84 valence electrons. The molecule has 1 aromatic heterocycles. The third-order valence-electron chi connectivity index (χ3n) is 2.48. The number of hydrogen-bond donors (Lipinski definition) is 0. The molecule has 0 atom stereocenters. The van der Waals surface area contributed by atoms with Gasteiger partial charge in [-0.25, -0.2) is 4.98 Å². The first-order valence-electron chi connectivity index (χ1n) is 5.56. The average Bonchev–Trinajstić information content (AvgIpc) is 2.21. The third kappa shape index (κ3) is 3.49. The lowest BCUT2D eigenvalue weighted by Crippen LogP contribution is -2.25. The fraction of sp³-hybridized carbons (Fsp3) is 0.583. The molecule has 1 heterocycles. The van der Waals surface area contributed by atoms with Crippen LogP contribution in [0.4, 0.5) is 5.82 Å². The minimum absolute atomic E-state index is 1.02. The van der Waals surface area contributed by atoms with Crippen molar-refractivity contribution in [3.63, 3.8) is 0 Å². The Morgan fingerprint density at radius 2 is 2.13 bits per heavy atom. The van der Waals surface area contributed by atoms with Crippen molar-refractivity contribution in [3.05, 3.63) is 22.3 Å². The van der Waals surface area contributed by atoms with Crippen LogP contribution in [0.5, 0.6) is 0 Å². The second kappa shape index (κ2) is 6.11. The zero-order chi connectivity index (χ0) is 11.3. The summed E-state index contributed by atoms with van der Waals surface area (Å²) in [7, 11) is 0. The maximum atomic E-state index is 4.48. The van der Waals surface area contributed by atoms with Crippen LogP contribution in [-0.2, 0) is 0 Å². The molecule has 0 saturated heterocycles. The van der Waals surface area contributed by atoms with E-state index in [0.717, 1.165) is 23.4 Å². The van der Waals surface area contributed by atoms with Crippen molar-refractivity contribution in [2.75, 3.05) is 18.0 Å². The van der Waals surface area contributed by atoms with Gasteiger partial charge in [-0.1, -0.05) is 13.3 Å². The number of rotatable bonds is 5. The summed E-state index contributed by atoms with van der Waals surface area (Å²) in [6, 6.07) is 2.12. The first-order valence-corrected chi connectivity index (χ1v) is 6.35. The second-order valence-electron chi connectivity index (χ2n) is 3.73. The lowest BCUT2D eigenvalue weighted by atomic mass is 10.2. The molecule has 1 rings (SSSR count). The highest BCUT2D eigenvalue weighted by Crippen LogP contribution is 2.20. The highest BCUT2D eigenvalue weighted by atomic mass is 79.9. The highest BCUT2D eigenvalue weighted by Gasteiger charge is 2.08. The molecule has 15 heavy (non-hydrogen) atoms. The van der Waals surface area contributed by atoms with Gasteiger partial charge in [-0.2, -0.15) is 0 Å². The lowest BCUT2D eigenvalue weighted by Gasteiger charge is -2.23. The lowest BCUT2D eigenvalue weighted by molar-refractivity contribution is 0.722. The summed E-state index contributed by atoms with van der Waals surface area (Å²) in [5.74, 6) is 1.12. The van der Waals surface area contributed by atoms with E-state index in [-0.39, 0.29) is 0 Å². The summed E-state index contributed by atoms with van der Waals surface area (Å²) in [4.78, 5) is 6.82. The number of anilines is 1. The molecule has 1 aromatic rings. The molecule has 0 spiro atoms. The minimum Gasteiger partial charge on any atom is -0.357 e. The van der Waals surface area contributed by atoms with Gasteiger partial charge in [0.25, 0.3) is 0 Å². The van der Waals surface area contributed by atoms with E-state index in [4.69, 9.17) is 0 Å². The highest BCUT2D eigenvalue weighted by molar-refractivity contribution is 9.10. The molecule has 0 aromatic carbocycles. The number of aromatic nitrogens is 1. The molecule has 0 amide bonds. The van der Waals surface area contributed by atoms with Crippen molar-refractivity contribution < 1.29 is 0 Å². The van der Waals surface area contributed by atoms with Crippen molar-refractivity contribution in [1.82, 2.24) is 4.98 Å². The molecule has 0 fully saturated rings. The topological polar surface area (TPSA) is 16.1 Å². The Balaban J connectivity index is 2.81. The quantitative estimate of drug-likeness (QED) is 0.810. The largest absolute Gasteiger partial charge is 0.357 e. The monoisotopic (exact) mass is 270 g/mol. The van der Waals surface area contributed by atoms with Gasteiger partial charge < -0.3 is 4.90 Å². The van der Waals surface area contributed by atoms with Gasteiger partial charge in [-0.05, 0) is 47.8 Å². The fourth-order valence-corrected chi connectivity index (χ4v) is 2.07. The van der Waals surface area contributed by atoms with Crippen molar-refractivity contribution in [3.8, 4) is 0 Å². The van der Waals surface area contributed by atoms with Gasteiger partial charge in [0.15, 0.2) is 0 Å². The molecular formula is C12H19BrN2. The number of unbranched alkanes of at least 4 members (excludes halogenated alkanes) is 1. The Morgan fingerprint density at radius 3 is 2.67 bits per heavy atom. The van der Waals surface area contributed by atoms with Gasteiger partial charge in [-0.3, -0.25) is 0 Å². The number of pyridine rings is 1. The van der Waals surface area contributed by atoms with Crippen LogP contribution in [0, 0.1) is 6.92 Å². The van der Waals surface area contributed by atoms with E-state index in [2.05, 4.69) is 52.7 Å². The SMILES string of the molecule is CCCCN(CC)c1ncc(Br)cc1C. The zero-order valence-electron chi connectivity index (χ0n) is 9.76. The third-order valence-corrected chi connectivity index (χ3v) is 2.91. The maximum absolute atomic E-state index is 4.48. The molecule has 0 radical (unpaired) electrons. The Bertz CT molecular complexity index is 312. The van der Waals surface area contributed by atoms with Crippen LogP contribution in [-0.4, -0.2) is 18.1 Å². The standard InChI is InChI=1S/C12H19BrN2/c1-4-6-7-15(5-2)12-10(3)8-11(13)9-14-12/h8-9H,4-7H2,1-3H3. The van der Waals surface area contributed by atoms with E-state index in [1.54, 1.807) is 0 Å². The number of hydrogen-bond acceptors (Lipinski definition) is 2. The molecule has 0 N–H and O–H groups in total. The van der Waals surface area contributed by atoms with Crippen LogP contribution >= 0.6 is 15.9 Å². The zero-order valence-corrected chi connectivity index (χ0v) is 11.3. The van der Waals surface area contributed by atoms with E-state index in [0.29, 0.717) is 0 Å². The molecule has 2 nitrogen and oxygen atoms in total. The molecule has 0 saturated carbocycles. The van der Waals surface area contributed by atoms with E-state index >= 15 is 0 Å². The molecule has 0 unspecified atom stereocenters. The van der Waals surface area contributed by atoms with Crippen LogP contribution < -0.4 is 4.90 Å². The van der Waals surface area contributed by atoms with Gasteiger partial charge in [0.05, 0.1) is 0 Å². The summed E-state index contributed by atoms with van der Waals surface area (Å²) in [5, 5.41) is 0. The van der Waals surface area contributed by atoms with Crippen molar-refractivity contribution >= 4 is 21.7 Å². The summed E-state index contributed by atoms with van der Waals surface area (Å²) >= 11 is 3.44. The van der Waals surface area contributed by atoms with Crippen LogP contribution in [0.1, 0.15) is 32.3 Å². The maximum Gasteiger partial charge on any atom is 0.131 e. The van der Waals surface area contributed by atoms with E-state index in [1.807, 2.05) is 6.20 Å². The van der Waals surface area contributed by atoms with Crippen LogP contribution in [0.2, 0.25) is 0 Å². The number of nitrogens with zero attached hydrogens (tertiary/aromatic N) is 2. The van der Waals surface area contributed by atoms with Crippen LogP contribution in [0.15, 0.2) is 16.7 Å². The molecular weight excluding hydrogens is 252 g/mol. The number of aryl methyl sites for hydroxylation is 1. The fourth-order valence-electron chi connectivity index (χ4n) is 1.63. The summed E-state index contributed by atoms with van der Waals surface area (Å²) < 4.78 is 1.05. The van der Waals surface area contributed by atoms with Gasteiger partial charge >= 0.3 is 0 Å². The Kier molecular flexibility index (Phi) is 5.09. The Hall–Kier alpha value is -0.570. The average molecular weight is 271 g/mol. The second-order valence-corrected chi connectivity index (χ2v) is 4.64. The molecule has 0 bridgehead atoms. The molecule has 0 aliphatic rings. The van der Waals surface area contributed by atoms with Crippen molar-refractivity contribution in [2.45, 2.75) is 33.6 Å². The summed E-state index contributed by atoms with van der Waals surface area (Å²) in [5.41, 5.74) is 1.24. The van der Waals surface area contributed by atoms with E-state index in [9.17, 15) is 0 Å². The van der Waals surface area contributed by atoms with Gasteiger partial charge in [0, 0.05) is 23.8 Å². The van der Waals surface area contributed by atoms with Gasteiger partial charge in [-0.15, -0.1) is 0 Å². The first-order chi connectivity index (χ1) is 7.19. The predicted molar refractivity (Wildman–Crippen MR) is 69.5 cm³/mol. The van der Waals surface area contributed by atoms with Crippen LogP contribution in [0.3, 0.4) is 0 Å². The Labute approximate surface area is 101 Å². The van der Waals surface area contributed by atoms with Gasteiger partial charge in [0.2, 0.25) is 0 Å². The Morgan fingerprint density at radius 1 is 1.40 bits per heavy atom. The van der Waals surface area contributed by atoms with E-state index < -0.39 is 0 Å². The normalized spacial score (nSPS) is 10.4. The molecule has 0 aliphatic carbocycles. The smallest absolute Gasteiger partial charge is 0.131 e. The first kappa shape index (κ1) is 12.5. The van der Waals surface area contributed by atoms with E-state index in [1.165, 1.54) is 18.4 Å². The van der Waals surface area contributed by atoms with Crippen molar-refractivity contribution in [2.24, 2.45) is 0 Å². The number of halogens is 1. The molecule has 0 aliphatic heterocycles. The molecule has 3 heteroatoms. The summed E-state index contributed by atoms with van der Waals surface area (Å²) in [6.45, 7) is 8.63. The van der Waals surface area contributed by atoms with Gasteiger partial charge in [0.1, 0.15) is 5.82 Å². The summed E-state index contributed by atoms with van der Waals surface area (Å²) in [6.07, 6.45) is 4.33. The van der Waals surface area contributed by atoms with Crippen LogP contribution in [0.25, 0.3) is 0 Å². The predicted octanol–water partition coefficient (Wildman–Crippen LogP) is 3.78. The van der Waals surface area contributed by atoms with Crippen molar-refractivity contribution in [1.29, 1.82) is 0 Å².